The Kier molecular flexibility index (Phi) is 6.56. The summed E-state index contributed by atoms with van der Waals surface area (Å²) in [5.41, 5.74) is 8.78. The molecular weight excluding hydrogens is 504 g/mol. The topological polar surface area (TPSA) is 119 Å². The number of aromatic nitrogens is 3. The third kappa shape index (κ3) is 4.78. The molecule has 4 N–H and O–H groups in total. The average Bonchev–Trinajstić information content (AvgIpc) is 3.42. The van der Waals surface area contributed by atoms with E-state index in [0.29, 0.717) is 17.6 Å². The third-order valence-electron chi connectivity index (χ3n) is 10.2. The second kappa shape index (κ2) is 10.1. The van der Waals surface area contributed by atoms with Crippen molar-refractivity contribution < 1.29 is 14.6 Å². The average molecular weight is 545 g/mol. The lowest BCUT2D eigenvalue weighted by Crippen LogP contribution is -2.58. The van der Waals surface area contributed by atoms with Gasteiger partial charge in [-0.05, 0) is 88.0 Å². The van der Waals surface area contributed by atoms with Gasteiger partial charge in [-0.1, -0.05) is 6.07 Å². The van der Waals surface area contributed by atoms with E-state index in [9.17, 15) is 9.90 Å². The maximum atomic E-state index is 13.4. The Hall–Kier alpha value is -3.01. The molecule has 4 heterocycles. The molecule has 2 aliphatic heterocycles. The second-order valence-corrected chi connectivity index (χ2v) is 12.6. The van der Waals surface area contributed by atoms with Gasteiger partial charge in [0.2, 0.25) is 0 Å². The number of fused-ring (bicyclic) bond motifs is 4. The van der Waals surface area contributed by atoms with Crippen LogP contribution in [0.1, 0.15) is 80.6 Å². The van der Waals surface area contributed by atoms with Crippen molar-refractivity contribution in [2.45, 2.75) is 87.4 Å². The number of amides is 1. The molecule has 2 aromatic heterocycles. The first kappa shape index (κ1) is 25.9. The summed E-state index contributed by atoms with van der Waals surface area (Å²) in [6.07, 6.45) is 12.9. The Morgan fingerprint density at radius 2 is 1.77 bits per heavy atom. The van der Waals surface area contributed by atoms with Crippen LogP contribution >= 0.6 is 0 Å². The molecule has 9 nitrogen and oxygen atoms in total. The number of ether oxygens (including phenoxy) is 1. The van der Waals surface area contributed by atoms with Gasteiger partial charge in [-0.3, -0.25) is 14.4 Å². The normalized spacial score (nSPS) is 29.6. The van der Waals surface area contributed by atoms with Crippen LogP contribution < -0.4 is 11.1 Å². The van der Waals surface area contributed by atoms with E-state index in [-0.39, 0.29) is 17.3 Å². The number of nitrogens with two attached hydrogens (primary N) is 1. The van der Waals surface area contributed by atoms with Gasteiger partial charge in [0, 0.05) is 48.4 Å². The first-order chi connectivity index (χ1) is 19.4. The zero-order valence-electron chi connectivity index (χ0n) is 23.1. The van der Waals surface area contributed by atoms with E-state index in [1.165, 1.54) is 12.8 Å². The van der Waals surface area contributed by atoms with E-state index < -0.39 is 5.60 Å². The monoisotopic (exact) mass is 544 g/mol. The first-order valence-corrected chi connectivity index (χ1v) is 15.0. The number of nitrogens with zero attached hydrogens (tertiary/aromatic N) is 4. The lowest BCUT2D eigenvalue weighted by Gasteiger charge is -2.51. The predicted molar refractivity (Wildman–Crippen MR) is 154 cm³/mol. The molecule has 2 saturated heterocycles. The zero-order valence-corrected chi connectivity index (χ0v) is 23.1. The highest BCUT2D eigenvalue weighted by Gasteiger charge is 2.48. The Balaban J connectivity index is 1.07. The molecule has 1 amide bonds. The summed E-state index contributed by atoms with van der Waals surface area (Å²) >= 11 is 0. The van der Waals surface area contributed by atoms with Gasteiger partial charge in [-0.15, -0.1) is 0 Å². The summed E-state index contributed by atoms with van der Waals surface area (Å²) in [7, 11) is 0. The highest BCUT2D eigenvalue weighted by atomic mass is 16.5. The lowest BCUT2D eigenvalue weighted by molar-refractivity contribution is -0.0702. The summed E-state index contributed by atoms with van der Waals surface area (Å²) in [4.78, 5) is 20.4. The molecule has 1 atom stereocenters. The van der Waals surface area contributed by atoms with E-state index in [2.05, 4.69) is 38.1 Å². The number of piperidine rings is 1. The summed E-state index contributed by atoms with van der Waals surface area (Å²) in [5.74, 6) is 0.0556. The van der Waals surface area contributed by atoms with Crippen molar-refractivity contribution in [3.05, 3.63) is 42.2 Å². The first-order valence-electron chi connectivity index (χ1n) is 15.0. The van der Waals surface area contributed by atoms with Crippen molar-refractivity contribution in [1.82, 2.24) is 25.0 Å². The fourth-order valence-electron chi connectivity index (χ4n) is 7.51. The molecule has 1 aromatic carbocycles. The smallest absolute Gasteiger partial charge is 0.255 e. The van der Waals surface area contributed by atoms with Crippen LogP contribution in [-0.2, 0) is 4.74 Å². The van der Waals surface area contributed by atoms with Crippen molar-refractivity contribution >= 4 is 22.6 Å². The number of likely N-dealkylation sites (tertiary alicyclic amines) is 1. The maximum Gasteiger partial charge on any atom is 0.255 e. The SMILES string of the molecule is Nc1ncc(-c2ccc3c(cnn3C3CCN(C4CCCOC4)CC3)c2)cc1C(=O)NC12CCC(O)(CC1)CC2. The van der Waals surface area contributed by atoms with Crippen molar-refractivity contribution in [1.29, 1.82) is 0 Å². The molecule has 3 aromatic rings. The van der Waals surface area contributed by atoms with Crippen molar-refractivity contribution in [3.63, 3.8) is 0 Å². The molecule has 5 aliphatic rings. The molecule has 0 spiro atoms. The van der Waals surface area contributed by atoms with Crippen LogP contribution in [-0.4, -0.2) is 74.2 Å². The lowest BCUT2D eigenvalue weighted by atomic mass is 9.63. The summed E-state index contributed by atoms with van der Waals surface area (Å²) in [6.45, 7) is 3.94. The van der Waals surface area contributed by atoms with E-state index in [1.807, 2.05) is 12.3 Å². The van der Waals surface area contributed by atoms with Crippen LogP contribution in [0, 0.1) is 0 Å². The minimum atomic E-state index is -0.541. The fraction of sp³-hybridized carbons (Fsp3) is 0.581. The largest absolute Gasteiger partial charge is 0.390 e. The Labute approximate surface area is 235 Å². The van der Waals surface area contributed by atoms with E-state index >= 15 is 0 Å². The van der Waals surface area contributed by atoms with Gasteiger partial charge in [-0.2, -0.15) is 5.10 Å². The molecule has 40 heavy (non-hydrogen) atoms. The highest BCUT2D eigenvalue weighted by Crippen LogP contribution is 2.47. The third-order valence-corrected chi connectivity index (χ3v) is 10.2. The summed E-state index contributed by atoms with van der Waals surface area (Å²) in [5, 5.41) is 19.7. The van der Waals surface area contributed by atoms with Gasteiger partial charge in [0.05, 0.1) is 35.5 Å². The highest BCUT2D eigenvalue weighted by molar-refractivity contribution is 6.00. The number of nitrogen functional groups attached to an aromatic ring is 1. The Bertz CT molecular complexity index is 1380. The number of benzene rings is 1. The van der Waals surface area contributed by atoms with E-state index in [0.717, 1.165) is 99.7 Å². The van der Waals surface area contributed by atoms with Crippen LogP contribution in [0.15, 0.2) is 36.7 Å². The van der Waals surface area contributed by atoms with Gasteiger partial charge < -0.3 is 20.9 Å². The molecule has 3 aliphatic carbocycles. The van der Waals surface area contributed by atoms with Crippen molar-refractivity contribution in [2.24, 2.45) is 0 Å². The molecule has 2 bridgehead atoms. The number of rotatable bonds is 5. The zero-order chi connectivity index (χ0) is 27.3. The minimum Gasteiger partial charge on any atom is -0.390 e. The number of anilines is 1. The van der Waals surface area contributed by atoms with E-state index in [1.54, 1.807) is 6.20 Å². The Morgan fingerprint density at radius 3 is 2.50 bits per heavy atom. The minimum absolute atomic E-state index is 0.181. The second-order valence-electron chi connectivity index (χ2n) is 12.6. The van der Waals surface area contributed by atoms with Crippen LogP contribution in [0.4, 0.5) is 5.82 Å². The van der Waals surface area contributed by atoms with Crippen LogP contribution in [0.2, 0.25) is 0 Å². The number of pyridine rings is 1. The van der Waals surface area contributed by atoms with Gasteiger partial charge in [0.15, 0.2) is 0 Å². The van der Waals surface area contributed by atoms with Crippen molar-refractivity contribution in [2.75, 3.05) is 32.0 Å². The molecule has 3 saturated carbocycles. The molecule has 5 fully saturated rings. The molecule has 9 heteroatoms. The number of hydrogen-bond acceptors (Lipinski definition) is 7. The van der Waals surface area contributed by atoms with Gasteiger partial charge >= 0.3 is 0 Å². The molecule has 1 unspecified atom stereocenters. The van der Waals surface area contributed by atoms with Crippen molar-refractivity contribution in [3.8, 4) is 11.1 Å². The number of nitrogens with one attached hydrogen (secondary N) is 1. The number of hydrogen-bond donors (Lipinski definition) is 3. The number of carbonyl (C=O) groups excluding carboxylic acids is 1. The predicted octanol–water partition coefficient (Wildman–Crippen LogP) is 4.06. The molecule has 8 rings (SSSR count). The van der Waals surface area contributed by atoms with E-state index in [4.69, 9.17) is 15.6 Å². The summed E-state index contributed by atoms with van der Waals surface area (Å²) in [6, 6.07) is 9.17. The standard InChI is InChI=1S/C31H40N6O3/c32-28-26(29(38)35-30-7-10-31(39,11-8-30)12-9-30)17-22(18-33-28)21-3-4-27-23(16-21)19-34-37(27)24-5-13-36(14-6-24)25-2-1-15-40-20-25/h3-4,16-19,24-25,39H,1-2,5-15,20H2,(H2,32,33)(H,35,38). The molecular formula is C31H40N6O3. The van der Waals surface area contributed by atoms with Crippen LogP contribution in [0.25, 0.3) is 22.0 Å². The molecule has 0 radical (unpaired) electrons. The van der Waals surface area contributed by atoms with Gasteiger partial charge in [0.1, 0.15) is 5.82 Å². The Morgan fingerprint density at radius 1 is 1.00 bits per heavy atom. The van der Waals surface area contributed by atoms with Crippen LogP contribution in [0.5, 0.6) is 0 Å². The summed E-state index contributed by atoms with van der Waals surface area (Å²) < 4.78 is 7.91. The number of aliphatic hydroxyl groups is 1. The van der Waals surface area contributed by atoms with Gasteiger partial charge in [0.25, 0.3) is 5.91 Å². The quantitative estimate of drug-likeness (QED) is 0.443. The van der Waals surface area contributed by atoms with Crippen LogP contribution in [0.3, 0.4) is 0 Å². The van der Waals surface area contributed by atoms with Gasteiger partial charge in [-0.25, -0.2) is 4.98 Å². The molecule has 212 valence electrons. The maximum absolute atomic E-state index is 13.4. The number of carbonyl (C=O) groups is 1. The fourth-order valence-corrected chi connectivity index (χ4v) is 7.51.